The van der Waals surface area contributed by atoms with Crippen molar-refractivity contribution in [2.24, 2.45) is 0 Å². The van der Waals surface area contributed by atoms with Crippen LogP contribution in [0, 0.1) is 0 Å². The Kier molecular flexibility index (Phi) is 6.26. The van der Waals surface area contributed by atoms with E-state index in [-0.39, 0.29) is 11.8 Å². The molecule has 2 aromatic carbocycles. The van der Waals surface area contributed by atoms with E-state index >= 15 is 0 Å². The van der Waals surface area contributed by atoms with Crippen LogP contribution in [0.15, 0.2) is 36.4 Å². The fraction of sp³-hybridized carbons (Fsp3) is 0.364. The van der Waals surface area contributed by atoms with Gasteiger partial charge in [-0.1, -0.05) is 24.3 Å². The van der Waals surface area contributed by atoms with Crippen LogP contribution in [0.5, 0.6) is 17.2 Å². The van der Waals surface area contributed by atoms with Gasteiger partial charge in [-0.25, -0.2) is 0 Å². The lowest BCUT2D eigenvalue weighted by atomic mass is 10.1. The monoisotopic (exact) mass is 398 g/mol. The number of nitrogens with zero attached hydrogens (tertiary/aromatic N) is 1. The van der Waals surface area contributed by atoms with Crippen LogP contribution in [-0.4, -0.2) is 50.6 Å². The van der Waals surface area contributed by atoms with Crippen LogP contribution in [-0.2, 0) is 17.8 Å². The van der Waals surface area contributed by atoms with Gasteiger partial charge in [0.15, 0.2) is 11.5 Å². The van der Waals surface area contributed by atoms with Gasteiger partial charge in [0.1, 0.15) is 6.04 Å². The Hall–Kier alpha value is -3.22. The number of rotatable bonds is 8. The van der Waals surface area contributed by atoms with Crippen molar-refractivity contribution in [2.45, 2.75) is 25.9 Å². The quantitative estimate of drug-likeness (QED) is 0.739. The van der Waals surface area contributed by atoms with Crippen molar-refractivity contribution in [1.82, 2.24) is 10.2 Å². The van der Waals surface area contributed by atoms with E-state index in [1.54, 1.807) is 45.3 Å². The summed E-state index contributed by atoms with van der Waals surface area (Å²) in [6.07, 6.45) is 0.552. The SMILES string of the molecule is COc1ccc(CCNC(=O)[C@H](C)N2Cc3ccccc3C2=O)c(OC)c1OC. The molecular formula is C22H26N2O5. The van der Waals surface area contributed by atoms with Gasteiger partial charge in [0, 0.05) is 24.2 Å². The first-order valence-corrected chi connectivity index (χ1v) is 9.46. The highest BCUT2D eigenvalue weighted by atomic mass is 16.5. The molecule has 3 rings (SSSR count). The number of hydrogen-bond donors (Lipinski definition) is 1. The fourth-order valence-electron chi connectivity index (χ4n) is 3.56. The molecule has 1 aliphatic rings. The molecule has 7 nitrogen and oxygen atoms in total. The molecule has 29 heavy (non-hydrogen) atoms. The maximum absolute atomic E-state index is 12.6. The number of benzene rings is 2. The highest BCUT2D eigenvalue weighted by Crippen LogP contribution is 2.39. The molecule has 0 aliphatic carbocycles. The van der Waals surface area contributed by atoms with E-state index in [9.17, 15) is 9.59 Å². The Morgan fingerprint density at radius 2 is 1.79 bits per heavy atom. The van der Waals surface area contributed by atoms with Gasteiger partial charge in [0.05, 0.1) is 21.3 Å². The fourth-order valence-corrected chi connectivity index (χ4v) is 3.56. The molecule has 1 heterocycles. The molecule has 0 bridgehead atoms. The normalized spacial score (nSPS) is 13.7. The van der Waals surface area contributed by atoms with Crippen LogP contribution < -0.4 is 19.5 Å². The van der Waals surface area contributed by atoms with Crippen LogP contribution in [0.25, 0.3) is 0 Å². The minimum absolute atomic E-state index is 0.107. The summed E-state index contributed by atoms with van der Waals surface area (Å²) in [5.41, 5.74) is 2.51. The van der Waals surface area contributed by atoms with Gasteiger partial charge >= 0.3 is 0 Å². The molecule has 2 amide bonds. The van der Waals surface area contributed by atoms with Gasteiger partial charge < -0.3 is 24.4 Å². The lowest BCUT2D eigenvalue weighted by Gasteiger charge is -2.23. The molecule has 0 unspecified atom stereocenters. The van der Waals surface area contributed by atoms with Crippen molar-refractivity contribution in [1.29, 1.82) is 0 Å². The highest BCUT2D eigenvalue weighted by molar-refractivity contribution is 6.01. The van der Waals surface area contributed by atoms with Crippen LogP contribution >= 0.6 is 0 Å². The van der Waals surface area contributed by atoms with Gasteiger partial charge in [0.25, 0.3) is 5.91 Å². The summed E-state index contributed by atoms with van der Waals surface area (Å²) in [5.74, 6) is 1.39. The zero-order valence-corrected chi connectivity index (χ0v) is 17.2. The standard InChI is InChI=1S/C22H26N2O5/c1-14(24-13-16-7-5-6-8-17(16)22(24)26)21(25)23-12-11-15-9-10-18(27-2)20(29-4)19(15)28-3/h5-10,14H,11-13H2,1-4H3,(H,23,25)/t14-/m0/s1. The van der Waals surface area contributed by atoms with E-state index in [1.807, 2.05) is 24.3 Å². The first-order valence-electron chi connectivity index (χ1n) is 9.46. The van der Waals surface area contributed by atoms with Crippen molar-refractivity contribution in [2.75, 3.05) is 27.9 Å². The summed E-state index contributed by atoms with van der Waals surface area (Å²) in [6.45, 7) is 2.60. The zero-order valence-electron chi connectivity index (χ0n) is 17.2. The molecule has 7 heteroatoms. The molecule has 0 fully saturated rings. The summed E-state index contributed by atoms with van der Waals surface area (Å²) in [7, 11) is 4.69. The Labute approximate surface area is 170 Å². The van der Waals surface area contributed by atoms with Crippen LogP contribution in [0.2, 0.25) is 0 Å². The van der Waals surface area contributed by atoms with Crippen LogP contribution in [0.3, 0.4) is 0 Å². The smallest absolute Gasteiger partial charge is 0.255 e. The predicted molar refractivity (Wildman–Crippen MR) is 109 cm³/mol. The molecule has 2 aromatic rings. The van der Waals surface area contributed by atoms with Crippen molar-refractivity contribution in [3.05, 3.63) is 53.1 Å². The lowest BCUT2D eigenvalue weighted by Crippen LogP contribution is -2.45. The largest absolute Gasteiger partial charge is 0.493 e. The van der Waals surface area contributed by atoms with E-state index in [2.05, 4.69) is 5.32 Å². The zero-order chi connectivity index (χ0) is 21.0. The maximum atomic E-state index is 12.6. The van der Waals surface area contributed by atoms with E-state index in [0.29, 0.717) is 42.3 Å². The number of carbonyl (C=O) groups excluding carboxylic acids is 2. The minimum atomic E-state index is -0.554. The van der Waals surface area contributed by atoms with Crippen molar-refractivity contribution >= 4 is 11.8 Å². The minimum Gasteiger partial charge on any atom is -0.493 e. The van der Waals surface area contributed by atoms with E-state index in [1.165, 1.54) is 0 Å². The summed E-state index contributed by atoms with van der Waals surface area (Å²) in [4.78, 5) is 26.8. The molecule has 0 saturated carbocycles. The number of fused-ring (bicyclic) bond motifs is 1. The summed E-state index contributed by atoms with van der Waals surface area (Å²) in [6, 6.07) is 10.6. The molecule has 1 aliphatic heterocycles. The summed E-state index contributed by atoms with van der Waals surface area (Å²) in [5, 5.41) is 2.91. The topological polar surface area (TPSA) is 77.1 Å². The van der Waals surface area contributed by atoms with Crippen molar-refractivity contribution < 1.29 is 23.8 Å². The second kappa shape index (κ2) is 8.86. The first-order chi connectivity index (χ1) is 14.0. The van der Waals surface area contributed by atoms with Crippen LogP contribution in [0.4, 0.5) is 0 Å². The third-order valence-electron chi connectivity index (χ3n) is 5.18. The number of methoxy groups -OCH3 is 3. The van der Waals surface area contributed by atoms with Crippen LogP contribution in [0.1, 0.15) is 28.4 Å². The molecule has 0 spiro atoms. The molecule has 0 aromatic heterocycles. The van der Waals surface area contributed by atoms with Gasteiger partial charge in [0.2, 0.25) is 11.7 Å². The number of ether oxygens (including phenoxy) is 3. The first kappa shape index (κ1) is 20.5. The van der Waals surface area contributed by atoms with Crippen molar-refractivity contribution in [3.63, 3.8) is 0 Å². The summed E-state index contributed by atoms with van der Waals surface area (Å²) < 4.78 is 16.2. The van der Waals surface area contributed by atoms with Gasteiger partial charge in [-0.2, -0.15) is 0 Å². The Morgan fingerprint density at radius 1 is 1.07 bits per heavy atom. The van der Waals surface area contributed by atoms with Gasteiger partial charge in [-0.15, -0.1) is 0 Å². The van der Waals surface area contributed by atoms with Gasteiger partial charge in [-0.3, -0.25) is 9.59 Å². The second-order valence-electron chi connectivity index (χ2n) is 6.80. The summed E-state index contributed by atoms with van der Waals surface area (Å²) >= 11 is 0. The predicted octanol–water partition coefficient (Wildman–Crippen LogP) is 2.42. The lowest BCUT2D eigenvalue weighted by molar-refractivity contribution is -0.125. The Morgan fingerprint density at radius 3 is 2.45 bits per heavy atom. The highest BCUT2D eigenvalue weighted by Gasteiger charge is 2.33. The van der Waals surface area contributed by atoms with E-state index in [4.69, 9.17) is 14.2 Å². The number of nitrogens with one attached hydrogen (secondary N) is 1. The second-order valence-corrected chi connectivity index (χ2v) is 6.80. The molecule has 154 valence electrons. The molecule has 0 radical (unpaired) electrons. The third-order valence-corrected chi connectivity index (χ3v) is 5.18. The van der Waals surface area contributed by atoms with Gasteiger partial charge in [-0.05, 0) is 31.0 Å². The van der Waals surface area contributed by atoms with E-state index < -0.39 is 6.04 Å². The van der Waals surface area contributed by atoms with Crippen molar-refractivity contribution in [3.8, 4) is 17.2 Å². The average Bonchev–Trinajstić information content (AvgIpc) is 3.09. The number of amides is 2. The Bertz CT molecular complexity index is 912. The number of hydrogen-bond acceptors (Lipinski definition) is 5. The third kappa shape index (κ3) is 3.99. The molecule has 0 saturated heterocycles. The van der Waals surface area contributed by atoms with E-state index in [0.717, 1.165) is 11.1 Å². The molecular weight excluding hydrogens is 372 g/mol. The Balaban J connectivity index is 1.61. The molecule has 1 N–H and O–H groups in total. The molecule has 1 atom stereocenters. The maximum Gasteiger partial charge on any atom is 0.255 e. The average molecular weight is 398 g/mol. The number of carbonyl (C=O) groups is 2.